The van der Waals surface area contributed by atoms with Crippen LogP contribution in [-0.4, -0.2) is 45.1 Å². The fourth-order valence-electron chi connectivity index (χ4n) is 2.28. The van der Waals surface area contributed by atoms with Crippen molar-refractivity contribution < 1.29 is 19.1 Å². The van der Waals surface area contributed by atoms with E-state index < -0.39 is 11.2 Å². The first-order chi connectivity index (χ1) is 11.7. The van der Waals surface area contributed by atoms with Gasteiger partial charge >= 0.3 is 12.2 Å². The molecular weight excluding hydrogens is 468 g/mol. The van der Waals surface area contributed by atoms with Crippen molar-refractivity contribution in [1.82, 2.24) is 10.6 Å². The molecule has 0 radical (unpaired) electrons. The Balaban J connectivity index is 0.000000260. The van der Waals surface area contributed by atoms with E-state index >= 15 is 0 Å². The average Bonchev–Trinajstić information content (AvgIpc) is 2.31. The Hall–Kier alpha value is -0.500. The third-order valence-corrected chi connectivity index (χ3v) is 5.10. The van der Waals surface area contributed by atoms with E-state index in [2.05, 4.69) is 42.5 Å². The van der Waals surface area contributed by atoms with Gasteiger partial charge in [0, 0.05) is 21.7 Å². The zero-order valence-corrected chi connectivity index (χ0v) is 19.7. The van der Waals surface area contributed by atoms with Crippen LogP contribution in [-0.2, 0) is 9.47 Å². The molecule has 0 bridgehead atoms. The molecule has 8 heteroatoms. The molecule has 0 unspecified atom stereocenters. The fourth-order valence-corrected chi connectivity index (χ4v) is 4.09. The van der Waals surface area contributed by atoms with Crippen LogP contribution in [0, 0.1) is 0 Å². The Morgan fingerprint density at radius 3 is 1.19 bits per heavy atom. The van der Waals surface area contributed by atoms with Gasteiger partial charge in [-0.1, -0.05) is 31.9 Å². The summed E-state index contributed by atoms with van der Waals surface area (Å²) in [4.78, 5) is 23.6. The summed E-state index contributed by atoms with van der Waals surface area (Å²) in [5, 5.41) is 5.62. The Bertz CT molecular complexity index is 433. The highest BCUT2D eigenvalue weighted by Gasteiger charge is 2.30. The minimum Gasteiger partial charge on any atom is -0.444 e. The SMILES string of the molecule is CC(C)(C)OC(=O)NC1CC(Br)C1.CC(C)(C)OC(=O)NC1CC(Br)C1. The summed E-state index contributed by atoms with van der Waals surface area (Å²) >= 11 is 6.92. The Morgan fingerprint density at radius 1 is 0.731 bits per heavy atom. The molecule has 2 aliphatic rings. The molecule has 2 fully saturated rings. The lowest BCUT2D eigenvalue weighted by molar-refractivity contribution is 0.0470. The highest BCUT2D eigenvalue weighted by molar-refractivity contribution is 9.09. The first-order valence-electron chi connectivity index (χ1n) is 9.00. The quantitative estimate of drug-likeness (QED) is 0.531. The molecule has 152 valence electrons. The maximum atomic E-state index is 11.2. The molecule has 26 heavy (non-hydrogen) atoms. The van der Waals surface area contributed by atoms with Gasteiger partial charge in [0.1, 0.15) is 11.2 Å². The summed E-state index contributed by atoms with van der Waals surface area (Å²) < 4.78 is 10.2. The van der Waals surface area contributed by atoms with E-state index in [1.807, 2.05) is 41.5 Å². The van der Waals surface area contributed by atoms with Gasteiger partial charge in [-0.3, -0.25) is 0 Å². The maximum absolute atomic E-state index is 11.2. The van der Waals surface area contributed by atoms with Crippen LogP contribution in [0.3, 0.4) is 0 Å². The van der Waals surface area contributed by atoms with E-state index in [9.17, 15) is 9.59 Å². The number of alkyl carbamates (subject to hydrolysis) is 2. The van der Waals surface area contributed by atoms with E-state index in [4.69, 9.17) is 9.47 Å². The summed E-state index contributed by atoms with van der Waals surface area (Å²) in [5.74, 6) is 0. The third-order valence-electron chi connectivity index (χ3n) is 3.60. The third kappa shape index (κ3) is 10.6. The molecule has 0 aromatic carbocycles. The molecule has 2 amide bonds. The summed E-state index contributed by atoms with van der Waals surface area (Å²) in [5.41, 5.74) is -0.802. The molecule has 2 aliphatic carbocycles. The molecule has 2 N–H and O–H groups in total. The fraction of sp³-hybridized carbons (Fsp3) is 0.889. The lowest BCUT2D eigenvalue weighted by Crippen LogP contribution is -2.46. The molecule has 2 rings (SSSR count). The van der Waals surface area contributed by atoms with Crippen molar-refractivity contribution in [2.75, 3.05) is 0 Å². The largest absolute Gasteiger partial charge is 0.444 e. The molecule has 6 nitrogen and oxygen atoms in total. The number of carbonyl (C=O) groups excluding carboxylic acids is 2. The predicted molar refractivity (Wildman–Crippen MR) is 110 cm³/mol. The number of alkyl halides is 2. The number of nitrogens with one attached hydrogen (secondary N) is 2. The Kier molecular flexibility index (Phi) is 8.71. The standard InChI is InChI=1S/2C9H16BrNO2/c2*1-9(2,3)13-8(12)11-7-4-6(10)5-7/h2*6-7H,4-5H2,1-3H3,(H,11,12). The smallest absolute Gasteiger partial charge is 0.407 e. The van der Waals surface area contributed by atoms with E-state index in [0.717, 1.165) is 25.7 Å². The molecule has 0 aliphatic heterocycles. The Labute approximate surface area is 173 Å². The summed E-state index contributed by atoms with van der Waals surface area (Å²) in [6.07, 6.45) is 3.38. The van der Waals surface area contributed by atoms with Gasteiger partial charge in [-0.25, -0.2) is 9.59 Å². The van der Waals surface area contributed by atoms with Gasteiger partial charge < -0.3 is 20.1 Å². The number of hydrogen-bond donors (Lipinski definition) is 2. The maximum Gasteiger partial charge on any atom is 0.407 e. The number of rotatable bonds is 2. The van der Waals surface area contributed by atoms with Gasteiger partial charge in [0.15, 0.2) is 0 Å². The normalized spacial score (nSPS) is 27.7. The Morgan fingerprint density at radius 2 is 1.00 bits per heavy atom. The van der Waals surface area contributed by atoms with Crippen LogP contribution >= 0.6 is 31.9 Å². The van der Waals surface area contributed by atoms with E-state index in [-0.39, 0.29) is 12.2 Å². The van der Waals surface area contributed by atoms with Gasteiger partial charge in [-0.15, -0.1) is 0 Å². The van der Waals surface area contributed by atoms with Gasteiger partial charge in [0.2, 0.25) is 0 Å². The zero-order valence-electron chi connectivity index (χ0n) is 16.5. The highest BCUT2D eigenvalue weighted by Crippen LogP contribution is 2.27. The molecule has 0 saturated heterocycles. The molecule has 0 atom stereocenters. The summed E-state index contributed by atoms with van der Waals surface area (Å²) in [7, 11) is 0. The van der Waals surface area contributed by atoms with Gasteiger partial charge in [-0.2, -0.15) is 0 Å². The monoisotopic (exact) mass is 498 g/mol. The topological polar surface area (TPSA) is 76.7 Å². The second-order valence-electron chi connectivity index (χ2n) is 8.82. The minimum absolute atomic E-state index is 0.291. The van der Waals surface area contributed by atoms with Crippen LogP contribution in [0.25, 0.3) is 0 Å². The van der Waals surface area contributed by atoms with Crippen LogP contribution in [0.1, 0.15) is 67.2 Å². The number of ether oxygens (including phenoxy) is 2. The first-order valence-corrected chi connectivity index (χ1v) is 10.8. The molecule has 0 aromatic rings. The van der Waals surface area contributed by atoms with Crippen molar-refractivity contribution in [3.8, 4) is 0 Å². The van der Waals surface area contributed by atoms with Crippen molar-refractivity contribution in [2.24, 2.45) is 0 Å². The first kappa shape index (κ1) is 23.5. The molecule has 0 aromatic heterocycles. The van der Waals surface area contributed by atoms with Gasteiger partial charge in [0.25, 0.3) is 0 Å². The van der Waals surface area contributed by atoms with Crippen molar-refractivity contribution >= 4 is 44.0 Å². The van der Waals surface area contributed by atoms with Gasteiger partial charge in [0.05, 0.1) is 0 Å². The van der Waals surface area contributed by atoms with Crippen molar-refractivity contribution in [2.45, 2.75) is 100 Å². The van der Waals surface area contributed by atoms with Crippen LogP contribution < -0.4 is 10.6 Å². The molecule has 0 heterocycles. The molecular formula is C18H32Br2N2O4. The van der Waals surface area contributed by atoms with Crippen LogP contribution in [0.2, 0.25) is 0 Å². The second kappa shape index (κ2) is 9.62. The summed E-state index contributed by atoms with van der Waals surface area (Å²) in [6.45, 7) is 11.2. The predicted octanol–water partition coefficient (Wildman–Crippen LogP) is 4.87. The van der Waals surface area contributed by atoms with E-state index in [1.54, 1.807) is 0 Å². The number of halogens is 2. The summed E-state index contributed by atoms with van der Waals surface area (Å²) in [6, 6.07) is 0.582. The lowest BCUT2D eigenvalue weighted by atomic mass is 9.93. The molecule has 2 saturated carbocycles. The minimum atomic E-state index is -0.401. The van der Waals surface area contributed by atoms with E-state index in [1.165, 1.54) is 0 Å². The number of carbonyl (C=O) groups is 2. The van der Waals surface area contributed by atoms with Crippen LogP contribution in [0.15, 0.2) is 0 Å². The highest BCUT2D eigenvalue weighted by atomic mass is 79.9. The van der Waals surface area contributed by atoms with Crippen molar-refractivity contribution in [3.05, 3.63) is 0 Å². The van der Waals surface area contributed by atoms with Gasteiger partial charge in [-0.05, 0) is 67.2 Å². The van der Waals surface area contributed by atoms with Crippen molar-refractivity contribution in [1.29, 1.82) is 0 Å². The zero-order chi connectivity index (χ0) is 20.1. The number of hydrogen-bond acceptors (Lipinski definition) is 4. The molecule has 0 spiro atoms. The van der Waals surface area contributed by atoms with E-state index in [0.29, 0.717) is 21.7 Å². The number of amides is 2. The van der Waals surface area contributed by atoms with Crippen LogP contribution in [0.4, 0.5) is 9.59 Å². The lowest BCUT2D eigenvalue weighted by Gasteiger charge is -2.32. The second-order valence-corrected chi connectivity index (χ2v) is 11.4. The van der Waals surface area contributed by atoms with Crippen molar-refractivity contribution in [3.63, 3.8) is 0 Å². The van der Waals surface area contributed by atoms with Crippen LogP contribution in [0.5, 0.6) is 0 Å². The average molecular weight is 500 g/mol.